The molecular formula is C24H28N4O6. The molecule has 3 atom stereocenters. The van der Waals surface area contributed by atoms with Crippen molar-refractivity contribution in [2.24, 2.45) is 0 Å². The van der Waals surface area contributed by atoms with Crippen molar-refractivity contribution in [1.29, 1.82) is 0 Å². The van der Waals surface area contributed by atoms with Crippen molar-refractivity contribution < 1.29 is 28.7 Å². The Bertz CT molecular complexity index is 1240. The van der Waals surface area contributed by atoms with E-state index in [1.54, 1.807) is 40.0 Å². The van der Waals surface area contributed by atoms with E-state index < -0.39 is 28.7 Å². The molecule has 1 aromatic heterocycles. The molecule has 3 heterocycles. The predicted octanol–water partition coefficient (Wildman–Crippen LogP) is 2.01. The molecule has 1 N–H and O–H groups in total. The molecule has 10 heteroatoms. The highest BCUT2D eigenvalue weighted by Gasteiger charge is 2.86. The lowest BCUT2D eigenvalue weighted by Crippen LogP contribution is -2.53. The van der Waals surface area contributed by atoms with Crippen LogP contribution >= 0.6 is 0 Å². The van der Waals surface area contributed by atoms with Crippen LogP contribution in [0.3, 0.4) is 0 Å². The van der Waals surface area contributed by atoms with E-state index in [-0.39, 0.29) is 24.1 Å². The van der Waals surface area contributed by atoms with Crippen LogP contribution in [-0.2, 0) is 19.8 Å². The number of carbonyl (C=O) groups excluding carboxylic acids is 3. The van der Waals surface area contributed by atoms with Crippen LogP contribution in [0.25, 0.3) is 10.9 Å². The summed E-state index contributed by atoms with van der Waals surface area (Å²) < 4.78 is 11.0. The Morgan fingerprint density at radius 1 is 1.24 bits per heavy atom. The normalized spacial score (nSPS) is 26.8. The standard InChI is InChI=1S/C24H28N4O6/c1-22(2,3)34-21(31)28-11-17-23(12-24(23,28)20(30)27(4)33-6)15-10-13-9-14(32-5)7-8-16(13)25-18(15)19(29)26-17/h7-10,17H,11-12H2,1-6H3,(H,26,29)/t17-,23-,24-/m1/s1. The first-order valence-electron chi connectivity index (χ1n) is 11.1. The number of piperidine rings is 1. The monoisotopic (exact) mass is 468 g/mol. The third-order valence-electron chi connectivity index (χ3n) is 7.12. The molecule has 1 saturated heterocycles. The molecule has 0 bridgehead atoms. The molecule has 1 spiro atoms. The van der Waals surface area contributed by atoms with E-state index >= 15 is 0 Å². The number of likely N-dealkylation sites (tertiary alicyclic amines) is 1. The topological polar surface area (TPSA) is 110 Å². The summed E-state index contributed by atoms with van der Waals surface area (Å²) in [5, 5.41) is 4.91. The first kappa shape index (κ1) is 22.4. The van der Waals surface area contributed by atoms with Gasteiger partial charge in [-0.05, 0) is 57.0 Å². The fourth-order valence-corrected chi connectivity index (χ4v) is 5.57. The summed E-state index contributed by atoms with van der Waals surface area (Å²) in [6, 6.07) is 6.83. The van der Waals surface area contributed by atoms with Crippen molar-refractivity contribution in [1.82, 2.24) is 20.3 Å². The number of hydrogen-bond donors (Lipinski definition) is 1. The smallest absolute Gasteiger partial charge is 0.411 e. The maximum Gasteiger partial charge on any atom is 0.411 e. The number of hydroxylamine groups is 2. The third kappa shape index (κ3) is 2.84. The molecule has 5 rings (SSSR count). The van der Waals surface area contributed by atoms with E-state index in [1.807, 2.05) is 12.1 Å². The number of ether oxygens (including phenoxy) is 2. The number of amides is 3. The van der Waals surface area contributed by atoms with Gasteiger partial charge in [-0.25, -0.2) is 14.8 Å². The second-order valence-electron chi connectivity index (χ2n) is 10.1. The van der Waals surface area contributed by atoms with Gasteiger partial charge in [0.1, 0.15) is 22.6 Å². The van der Waals surface area contributed by atoms with Gasteiger partial charge in [0.2, 0.25) is 0 Å². The largest absolute Gasteiger partial charge is 0.497 e. The highest BCUT2D eigenvalue weighted by atomic mass is 16.7. The first-order valence-corrected chi connectivity index (χ1v) is 11.1. The summed E-state index contributed by atoms with van der Waals surface area (Å²) >= 11 is 0. The molecule has 1 saturated carbocycles. The minimum Gasteiger partial charge on any atom is -0.497 e. The summed E-state index contributed by atoms with van der Waals surface area (Å²) in [5.41, 5.74) is -1.32. The van der Waals surface area contributed by atoms with Crippen LogP contribution in [0.15, 0.2) is 24.3 Å². The summed E-state index contributed by atoms with van der Waals surface area (Å²) in [4.78, 5) is 51.4. The Hall–Kier alpha value is -3.40. The van der Waals surface area contributed by atoms with Gasteiger partial charge in [0.15, 0.2) is 0 Å². The number of nitrogens with zero attached hydrogens (tertiary/aromatic N) is 3. The molecule has 2 aromatic rings. The number of benzene rings is 1. The molecule has 34 heavy (non-hydrogen) atoms. The molecule has 10 nitrogen and oxygen atoms in total. The number of likely N-dealkylation sites (N-methyl/N-ethyl adjacent to an activating group) is 1. The third-order valence-corrected chi connectivity index (χ3v) is 7.12. The Labute approximate surface area is 197 Å². The highest BCUT2D eigenvalue weighted by molar-refractivity contribution is 6.05. The van der Waals surface area contributed by atoms with Crippen LogP contribution in [0.5, 0.6) is 5.75 Å². The van der Waals surface area contributed by atoms with Crippen LogP contribution in [0.4, 0.5) is 4.79 Å². The van der Waals surface area contributed by atoms with Gasteiger partial charge in [-0.3, -0.25) is 19.3 Å². The molecule has 3 aliphatic rings. The molecule has 0 radical (unpaired) electrons. The van der Waals surface area contributed by atoms with E-state index in [4.69, 9.17) is 14.3 Å². The van der Waals surface area contributed by atoms with E-state index in [0.29, 0.717) is 23.3 Å². The van der Waals surface area contributed by atoms with Crippen LogP contribution in [-0.4, -0.2) is 77.8 Å². The van der Waals surface area contributed by atoms with Gasteiger partial charge in [0.05, 0.1) is 31.2 Å². The lowest BCUT2D eigenvalue weighted by molar-refractivity contribution is -0.175. The van der Waals surface area contributed by atoms with Gasteiger partial charge in [-0.2, -0.15) is 0 Å². The average Bonchev–Trinajstić information content (AvgIpc) is 3.40. The van der Waals surface area contributed by atoms with Gasteiger partial charge in [-0.15, -0.1) is 0 Å². The Morgan fingerprint density at radius 3 is 2.62 bits per heavy atom. The van der Waals surface area contributed by atoms with E-state index in [9.17, 15) is 14.4 Å². The van der Waals surface area contributed by atoms with Crippen LogP contribution in [0.2, 0.25) is 0 Å². The van der Waals surface area contributed by atoms with E-state index in [0.717, 1.165) is 10.4 Å². The SMILES string of the molecule is COc1ccc2nc3c(cc2c1)[C@@]12C[C@]1(C(=O)N(C)OC)N(C(=O)OC(C)(C)C)C[C@H]2NC3=O. The van der Waals surface area contributed by atoms with Crippen molar-refractivity contribution in [3.8, 4) is 5.75 Å². The average molecular weight is 469 g/mol. The molecule has 3 amide bonds. The molecule has 0 unspecified atom stereocenters. The van der Waals surface area contributed by atoms with Gasteiger partial charge in [0.25, 0.3) is 11.8 Å². The number of carbonyl (C=O) groups is 3. The zero-order valence-corrected chi connectivity index (χ0v) is 20.1. The summed E-state index contributed by atoms with van der Waals surface area (Å²) in [6.45, 7) is 5.45. The fraction of sp³-hybridized carbons (Fsp3) is 0.500. The molecule has 1 aromatic carbocycles. The van der Waals surface area contributed by atoms with Gasteiger partial charge in [-0.1, -0.05) is 0 Å². The van der Waals surface area contributed by atoms with Gasteiger partial charge >= 0.3 is 6.09 Å². The first-order chi connectivity index (χ1) is 16.0. The van der Waals surface area contributed by atoms with Crippen molar-refractivity contribution in [3.05, 3.63) is 35.5 Å². The number of pyridine rings is 1. The maximum atomic E-state index is 13.7. The summed E-state index contributed by atoms with van der Waals surface area (Å²) in [6.07, 6.45) is -0.288. The molecule has 2 aliphatic heterocycles. The Morgan fingerprint density at radius 2 is 1.97 bits per heavy atom. The number of aromatic nitrogens is 1. The second-order valence-corrected chi connectivity index (χ2v) is 10.1. The maximum absolute atomic E-state index is 13.7. The second kappa shape index (κ2) is 7.05. The minimum atomic E-state index is -1.26. The Balaban J connectivity index is 1.70. The lowest BCUT2D eigenvalue weighted by Gasteiger charge is -2.32. The summed E-state index contributed by atoms with van der Waals surface area (Å²) in [5.74, 6) is -0.0541. The number of rotatable bonds is 3. The molecule has 1 aliphatic carbocycles. The molecular weight excluding hydrogens is 440 g/mol. The number of methoxy groups -OCH3 is 1. The van der Waals surface area contributed by atoms with Gasteiger partial charge in [0, 0.05) is 19.0 Å². The molecule has 180 valence electrons. The number of nitrogens with one attached hydrogen (secondary N) is 1. The highest BCUT2D eigenvalue weighted by Crippen LogP contribution is 2.69. The lowest BCUT2D eigenvalue weighted by atomic mass is 9.81. The zero-order chi connectivity index (χ0) is 24.6. The van der Waals surface area contributed by atoms with Crippen molar-refractivity contribution in [2.45, 2.75) is 49.8 Å². The van der Waals surface area contributed by atoms with Crippen molar-refractivity contribution in [2.75, 3.05) is 27.8 Å². The minimum absolute atomic E-state index is 0.138. The van der Waals surface area contributed by atoms with E-state index in [2.05, 4.69) is 10.3 Å². The van der Waals surface area contributed by atoms with Crippen molar-refractivity contribution in [3.63, 3.8) is 0 Å². The van der Waals surface area contributed by atoms with Crippen molar-refractivity contribution >= 4 is 28.8 Å². The number of hydrogen-bond acceptors (Lipinski definition) is 7. The van der Waals surface area contributed by atoms with Crippen LogP contribution in [0, 0.1) is 0 Å². The molecule has 2 fully saturated rings. The van der Waals surface area contributed by atoms with Gasteiger partial charge < -0.3 is 14.8 Å². The quantitative estimate of drug-likeness (QED) is 0.686. The van der Waals surface area contributed by atoms with E-state index in [1.165, 1.54) is 19.1 Å². The summed E-state index contributed by atoms with van der Waals surface area (Å²) in [7, 11) is 4.48. The van der Waals surface area contributed by atoms with Crippen LogP contribution in [0.1, 0.15) is 43.2 Å². The number of fused-ring (bicyclic) bond motifs is 2. The predicted molar refractivity (Wildman–Crippen MR) is 121 cm³/mol. The van der Waals surface area contributed by atoms with Crippen LogP contribution < -0.4 is 10.1 Å². The fourth-order valence-electron chi connectivity index (χ4n) is 5.57. The Kier molecular flexibility index (Phi) is 4.64. The zero-order valence-electron chi connectivity index (χ0n) is 20.1.